The van der Waals surface area contributed by atoms with Crippen LogP contribution >= 0.6 is 0 Å². The molecule has 0 radical (unpaired) electrons. The van der Waals surface area contributed by atoms with Crippen molar-refractivity contribution in [1.82, 2.24) is 25.3 Å². The molecule has 9 nitrogen and oxygen atoms in total. The van der Waals surface area contributed by atoms with Gasteiger partial charge in [-0.3, -0.25) is 14.7 Å². The Bertz CT molecular complexity index is 1030. The minimum Gasteiger partial charge on any atom is -0.497 e. The third-order valence-corrected chi connectivity index (χ3v) is 4.62. The van der Waals surface area contributed by atoms with Crippen LogP contribution in [0.3, 0.4) is 0 Å². The molecule has 1 aliphatic rings. The average Bonchev–Trinajstić information content (AvgIpc) is 3.40. The standard InChI is InChI=1S/C19H19N5O4/c1-27-13-4-2-3-12(9-13)14-5-6-18(25)24(23-14)17-11-28-10-16(17)21-19(26)15-7-8-20-22-15/h2-9,16-17H,10-11H2,1H3,(H,20,22)(H,21,26). The molecule has 1 aliphatic heterocycles. The molecule has 1 amide bonds. The van der Waals surface area contributed by atoms with Crippen LogP contribution in [0.2, 0.25) is 0 Å². The van der Waals surface area contributed by atoms with Crippen LogP contribution in [0.1, 0.15) is 16.5 Å². The number of hydrogen-bond acceptors (Lipinski definition) is 6. The van der Waals surface area contributed by atoms with Gasteiger partial charge >= 0.3 is 0 Å². The Morgan fingerprint density at radius 1 is 1.29 bits per heavy atom. The normalized spacial score (nSPS) is 18.8. The third-order valence-electron chi connectivity index (χ3n) is 4.62. The fourth-order valence-corrected chi connectivity index (χ4v) is 3.15. The maximum Gasteiger partial charge on any atom is 0.269 e. The van der Waals surface area contributed by atoms with Crippen molar-refractivity contribution in [2.24, 2.45) is 0 Å². The second-order valence-electron chi connectivity index (χ2n) is 6.39. The summed E-state index contributed by atoms with van der Waals surface area (Å²) in [6.45, 7) is 0.574. The van der Waals surface area contributed by atoms with Gasteiger partial charge in [-0.15, -0.1) is 0 Å². The van der Waals surface area contributed by atoms with E-state index < -0.39 is 6.04 Å². The minimum absolute atomic E-state index is 0.261. The molecule has 3 aromatic rings. The van der Waals surface area contributed by atoms with Crippen LogP contribution in [0.5, 0.6) is 5.75 Å². The maximum atomic E-state index is 12.5. The number of carbonyl (C=O) groups excluding carboxylic acids is 1. The zero-order valence-electron chi connectivity index (χ0n) is 15.2. The number of benzene rings is 1. The zero-order valence-corrected chi connectivity index (χ0v) is 15.2. The Hall–Kier alpha value is -3.46. The zero-order chi connectivity index (χ0) is 19.5. The minimum atomic E-state index is -0.412. The number of nitrogens with one attached hydrogen (secondary N) is 2. The molecule has 1 saturated heterocycles. The number of carbonyl (C=O) groups is 1. The number of H-pyrrole nitrogens is 1. The van der Waals surface area contributed by atoms with Crippen molar-refractivity contribution in [3.8, 4) is 17.0 Å². The first kappa shape index (κ1) is 17.9. The average molecular weight is 381 g/mol. The fourth-order valence-electron chi connectivity index (χ4n) is 3.15. The van der Waals surface area contributed by atoms with Crippen LogP contribution in [-0.2, 0) is 4.74 Å². The van der Waals surface area contributed by atoms with Gasteiger partial charge in [0.2, 0.25) is 0 Å². The summed E-state index contributed by atoms with van der Waals surface area (Å²) in [7, 11) is 1.59. The molecular formula is C19H19N5O4. The first-order valence-corrected chi connectivity index (χ1v) is 8.78. The molecular weight excluding hydrogens is 362 g/mol. The van der Waals surface area contributed by atoms with Crippen LogP contribution in [0.25, 0.3) is 11.3 Å². The van der Waals surface area contributed by atoms with Crippen molar-refractivity contribution in [2.45, 2.75) is 12.1 Å². The van der Waals surface area contributed by atoms with Gasteiger partial charge in [-0.05, 0) is 24.3 Å². The van der Waals surface area contributed by atoms with Gasteiger partial charge in [-0.1, -0.05) is 12.1 Å². The molecule has 2 unspecified atom stereocenters. The lowest BCUT2D eigenvalue weighted by Crippen LogP contribution is -2.44. The SMILES string of the molecule is COc1cccc(-c2ccc(=O)n(C3COCC3NC(=O)c3ccn[nH]3)n2)c1. The molecule has 0 aliphatic carbocycles. The van der Waals surface area contributed by atoms with Gasteiger partial charge in [0.05, 0.1) is 32.1 Å². The smallest absolute Gasteiger partial charge is 0.269 e. The molecule has 28 heavy (non-hydrogen) atoms. The predicted octanol–water partition coefficient (Wildman–Crippen LogP) is 1.01. The van der Waals surface area contributed by atoms with E-state index in [-0.39, 0.29) is 24.1 Å². The van der Waals surface area contributed by atoms with E-state index in [4.69, 9.17) is 9.47 Å². The van der Waals surface area contributed by atoms with Crippen LogP contribution in [0, 0.1) is 0 Å². The summed E-state index contributed by atoms with van der Waals surface area (Å²) in [4.78, 5) is 24.8. The van der Waals surface area contributed by atoms with Crippen LogP contribution < -0.4 is 15.6 Å². The summed E-state index contributed by atoms with van der Waals surface area (Å²) in [6, 6.07) is 11.3. The Morgan fingerprint density at radius 3 is 2.96 bits per heavy atom. The third kappa shape index (κ3) is 3.52. The molecule has 3 heterocycles. The summed E-state index contributed by atoms with van der Waals surface area (Å²) in [5.41, 5.74) is 1.54. The van der Waals surface area contributed by atoms with E-state index in [1.54, 1.807) is 19.2 Å². The van der Waals surface area contributed by atoms with Crippen LogP contribution in [-0.4, -0.2) is 52.3 Å². The number of hydrogen-bond donors (Lipinski definition) is 2. The van der Waals surface area contributed by atoms with Gasteiger partial charge in [0.25, 0.3) is 11.5 Å². The van der Waals surface area contributed by atoms with E-state index >= 15 is 0 Å². The van der Waals surface area contributed by atoms with Crippen molar-refractivity contribution >= 4 is 5.91 Å². The molecule has 4 rings (SSSR count). The van der Waals surface area contributed by atoms with Crippen molar-refractivity contribution in [3.63, 3.8) is 0 Å². The summed E-state index contributed by atoms with van der Waals surface area (Å²) in [6.07, 6.45) is 1.50. The molecule has 0 saturated carbocycles. The molecule has 1 aromatic carbocycles. The number of rotatable bonds is 5. The number of methoxy groups -OCH3 is 1. The predicted molar refractivity (Wildman–Crippen MR) is 100 cm³/mol. The summed E-state index contributed by atoms with van der Waals surface area (Å²) < 4.78 is 12.1. The summed E-state index contributed by atoms with van der Waals surface area (Å²) in [5.74, 6) is 0.390. The lowest BCUT2D eigenvalue weighted by Gasteiger charge is -2.20. The van der Waals surface area contributed by atoms with E-state index in [1.807, 2.05) is 24.3 Å². The van der Waals surface area contributed by atoms with Crippen molar-refractivity contribution < 1.29 is 14.3 Å². The van der Waals surface area contributed by atoms with Gasteiger partial charge in [-0.25, -0.2) is 4.68 Å². The highest BCUT2D eigenvalue weighted by Crippen LogP contribution is 2.23. The summed E-state index contributed by atoms with van der Waals surface area (Å²) >= 11 is 0. The van der Waals surface area contributed by atoms with Gasteiger partial charge < -0.3 is 14.8 Å². The number of aromatic nitrogens is 4. The maximum absolute atomic E-state index is 12.5. The van der Waals surface area contributed by atoms with E-state index in [1.165, 1.54) is 16.9 Å². The number of amides is 1. The van der Waals surface area contributed by atoms with E-state index in [0.29, 0.717) is 23.7 Å². The van der Waals surface area contributed by atoms with Crippen LogP contribution in [0.4, 0.5) is 0 Å². The quantitative estimate of drug-likeness (QED) is 0.682. The molecule has 1 fully saturated rings. The fraction of sp³-hybridized carbons (Fsp3) is 0.263. The lowest BCUT2D eigenvalue weighted by molar-refractivity contribution is 0.0919. The Morgan fingerprint density at radius 2 is 2.18 bits per heavy atom. The van der Waals surface area contributed by atoms with Gasteiger partial charge in [0, 0.05) is 17.8 Å². The van der Waals surface area contributed by atoms with E-state index in [0.717, 1.165) is 5.56 Å². The number of ether oxygens (including phenoxy) is 2. The first-order valence-electron chi connectivity index (χ1n) is 8.78. The molecule has 144 valence electrons. The second-order valence-corrected chi connectivity index (χ2v) is 6.39. The largest absolute Gasteiger partial charge is 0.497 e. The molecule has 2 N–H and O–H groups in total. The highest BCUT2D eigenvalue weighted by Gasteiger charge is 2.33. The number of nitrogens with zero attached hydrogens (tertiary/aromatic N) is 3. The Balaban J connectivity index is 1.62. The van der Waals surface area contributed by atoms with Crippen LogP contribution in [0.15, 0.2) is 53.5 Å². The molecule has 0 spiro atoms. The highest BCUT2D eigenvalue weighted by atomic mass is 16.5. The van der Waals surface area contributed by atoms with Crippen molar-refractivity contribution in [1.29, 1.82) is 0 Å². The van der Waals surface area contributed by atoms with Crippen molar-refractivity contribution in [2.75, 3.05) is 20.3 Å². The highest BCUT2D eigenvalue weighted by molar-refractivity contribution is 5.92. The Kier molecular flexibility index (Phi) is 4.90. The van der Waals surface area contributed by atoms with Gasteiger partial charge in [0.1, 0.15) is 17.5 Å². The molecule has 0 bridgehead atoms. The lowest BCUT2D eigenvalue weighted by atomic mass is 10.1. The molecule has 2 atom stereocenters. The monoisotopic (exact) mass is 381 g/mol. The number of aromatic amines is 1. The van der Waals surface area contributed by atoms with Crippen molar-refractivity contribution in [3.05, 3.63) is 64.7 Å². The summed E-state index contributed by atoms with van der Waals surface area (Å²) in [5, 5.41) is 13.8. The second kappa shape index (κ2) is 7.65. The van der Waals surface area contributed by atoms with E-state index in [9.17, 15) is 9.59 Å². The molecule has 2 aromatic heterocycles. The Labute approximate surface area is 160 Å². The van der Waals surface area contributed by atoms with Gasteiger partial charge in [-0.2, -0.15) is 10.2 Å². The first-order chi connectivity index (χ1) is 13.7. The van der Waals surface area contributed by atoms with E-state index in [2.05, 4.69) is 20.6 Å². The van der Waals surface area contributed by atoms with Gasteiger partial charge in [0.15, 0.2) is 0 Å². The molecule has 9 heteroatoms. The topological polar surface area (TPSA) is 111 Å².